The van der Waals surface area contributed by atoms with Crippen LogP contribution in [0.4, 0.5) is 4.79 Å². The van der Waals surface area contributed by atoms with Crippen molar-refractivity contribution in [2.45, 2.75) is 45.1 Å². The number of rotatable bonds is 6. The first-order chi connectivity index (χ1) is 11.1. The molecule has 2 amide bonds. The lowest BCUT2D eigenvalue weighted by molar-refractivity contribution is 0.0959. The van der Waals surface area contributed by atoms with Crippen molar-refractivity contribution in [1.29, 1.82) is 0 Å². The summed E-state index contributed by atoms with van der Waals surface area (Å²) in [5.74, 6) is 0. The smallest absolute Gasteiger partial charge is 0.314 e. The molecule has 2 aliphatic rings. The first-order valence-corrected chi connectivity index (χ1v) is 9.15. The Labute approximate surface area is 140 Å². The SMILES string of the molecule is CC(C)(CNC(=O)NCCN1CCCOCC1)N1CCCCC1. The maximum absolute atomic E-state index is 12.0. The Morgan fingerprint density at radius 3 is 2.57 bits per heavy atom. The van der Waals surface area contributed by atoms with Crippen LogP contribution in [0.15, 0.2) is 0 Å². The highest BCUT2D eigenvalue weighted by Gasteiger charge is 2.28. The molecule has 0 radical (unpaired) electrons. The predicted octanol–water partition coefficient (Wildman–Crippen LogP) is 1.27. The lowest BCUT2D eigenvalue weighted by Gasteiger charge is -2.41. The molecule has 0 spiro atoms. The van der Waals surface area contributed by atoms with Crippen LogP contribution in [0.5, 0.6) is 0 Å². The summed E-state index contributed by atoms with van der Waals surface area (Å²) in [5, 5.41) is 6.01. The Morgan fingerprint density at radius 1 is 1.00 bits per heavy atom. The van der Waals surface area contributed by atoms with Gasteiger partial charge >= 0.3 is 6.03 Å². The molecule has 134 valence electrons. The molecule has 2 heterocycles. The number of urea groups is 1. The van der Waals surface area contributed by atoms with Crippen molar-refractivity contribution in [2.75, 3.05) is 59.0 Å². The number of carbonyl (C=O) groups is 1. The van der Waals surface area contributed by atoms with Crippen LogP contribution in [0, 0.1) is 0 Å². The molecule has 0 unspecified atom stereocenters. The molecular weight excluding hydrogens is 292 g/mol. The third-order valence-corrected chi connectivity index (χ3v) is 4.92. The first kappa shape index (κ1) is 18.5. The second kappa shape index (κ2) is 9.45. The van der Waals surface area contributed by atoms with Gasteiger partial charge in [-0.3, -0.25) is 9.80 Å². The summed E-state index contributed by atoms with van der Waals surface area (Å²) in [6.07, 6.45) is 4.96. The molecule has 0 aromatic carbocycles. The van der Waals surface area contributed by atoms with Gasteiger partial charge in [0.15, 0.2) is 0 Å². The fourth-order valence-electron chi connectivity index (χ4n) is 3.32. The average Bonchev–Trinajstić information content (AvgIpc) is 2.83. The van der Waals surface area contributed by atoms with Crippen molar-refractivity contribution in [2.24, 2.45) is 0 Å². The molecule has 0 aromatic rings. The summed E-state index contributed by atoms with van der Waals surface area (Å²) in [5.41, 5.74) is 0.0277. The van der Waals surface area contributed by atoms with E-state index in [0.717, 1.165) is 52.4 Å². The number of nitrogens with zero attached hydrogens (tertiary/aromatic N) is 2. The fourth-order valence-corrected chi connectivity index (χ4v) is 3.32. The fraction of sp³-hybridized carbons (Fsp3) is 0.941. The molecule has 2 N–H and O–H groups in total. The van der Waals surface area contributed by atoms with Gasteiger partial charge in [-0.15, -0.1) is 0 Å². The van der Waals surface area contributed by atoms with Gasteiger partial charge in [0, 0.05) is 44.9 Å². The molecule has 2 fully saturated rings. The first-order valence-electron chi connectivity index (χ1n) is 9.15. The predicted molar refractivity (Wildman–Crippen MR) is 92.8 cm³/mol. The van der Waals surface area contributed by atoms with Crippen LogP contribution >= 0.6 is 0 Å². The van der Waals surface area contributed by atoms with Gasteiger partial charge in [-0.2, -0.15) is 0 Å². The van der Waals surface area contributed by atoms with Crippen LogP contribution < -0.4 is 10.6 Å². The minimum absolute atomic E-state index is 0.0277. The van der Waals surface area contributed by atoms with E-state index in [1.807, 2.05) is 0 Å². The number of nitrogens with one attached hydrogen (secondary N) is 2. The van der Waals surface area contributed by atoms with Crippen LogP contribution in [-0.2, 0) is 4.74 Å². The Hall–Kier alpha value is -0.850. The van der Waals surface area contributed by atoms with E-state index in [9.17, 15) is 4.79 Å². The zero-order valence-electron chi connectivity index (χ0n) is 14.9. The topological polar surface area (TPSA) is 56.8 Å². The van der Waals surface area contributed by atoms with Gasteiger partial charge in [0.05, 0.1) is 6.61 Å². The van der Waals surface area contributed by atoms with Gasteiger partial charge in [0.1, 0.15) is 0 Å². The molecule has 6 heteroatoms. The van der Waals surface area contributed by atoms with Crippen molar-refractivity contribution in [3.63, 3.8) is 0 Å². The summed E-state index contributed by atoms with van der Waals surface area (Å²) in [7, 11) is 0. The van der Waals surface area contributed by atoms with E-state index in [1.165, 1.54) is 19.3 Å². The number of hydrogen-bond acceptors (Lipinski definition) is 4. The van der Waals surface area contributed by atoms with E-state index < -0.39 is 0 Å². The van der Waals surface area contributed by atoms with Crippen molar-refractivity contribution in [3.05, 3.63) is 0 Å². The quantitative estimate of drug-likeness (QED) is 0.772. The van der Waals surface area contributed by atoms with Crippen LogP contribution in [0.1, 0.15) is 39.5 Å². The van der Waals surface area contributed by atoms with Gasteiger partial charge in [0.25, 0.3) is 0 Å². The third-order valence-electron chi connectivity index (χ3n) is 4.92. The molecule has 0 atom stereocenters. The van der Waals surface area contributed by atoms with Crippen molar-refractivity contribution in [3.8, 4) is 0 Å². The zero-order chi connectivity index (χ0) is 16.5. The number of carbonyl (C=O) groups excluding carboxylic acids is 1. The lowest BCUT2D eigenvalue weighted by atomic mass is 9.98. The van der Waals surface area contributed by atoms with E-state index >= 15 is 0 Å². The molecule has 6 nitrogen and oxygen atoms in total. The van der Waals surface area contributed by atoms with Crippen LogP contribution in [0.3, 0.4) is 0 Å². The molecule has 0 saturated carbocycles. The number of amides is 2. The normalized spacial score (nSPS) is 21.7. The van der Waals surface area contributed by atoms with Crippen LogP contribution in [0.2, 0.25) is 0 Å². The van der Waals surface area contributed by atoms with Crippen molar-refractivity contribution < 1.29 is 9.53 Å². The second-order valence-corrected chi connectivity index (χ2v) is 7.28. The van der Waals surface area contributed by atoms with E-state index in [-0.39, 0.29) is 11.6 Å². The highest BCUT2D eigenvalue weighted by molar-refractivity contribution is 5.73. The van der Waals surface area contributed by atoms with E-state index in [0.29, 0.717) is 13.1 Å². The van der Waals surface area contributed by atoms with Gasteiger partial charge in [0.2, 0.25) is 0 Å². The molecule has 0 aliphatic carbocycles. The minimum atomic E-state index is -0.0545. The highest BCUT2D eigenvalue weighted by atomic mass is 16.5. The van der Waals surface area contributed by atoms with Crippen molar-refractivity contribution in [1.82, 2.24) is 20.4 Å². The maximum atomic E-state index is 12.0. The number of likely N-dealkylation sites (tertiary alicyclic amines) is 1. The Balaban J connectivity index is 1.60. The summed E-state index contributed by atoms with van der Waals surface area (Å²) in [6, 6.07) is -0.0545. The summed E-state index contributed by atoms with van der Waals surface area (Å²) in [4.78, 5) is 16.8. The third kappa shape index (κ3) is 6.65. The largest absolute Gasteiger partial charge is 0.380 e. The highest BCUT2D eigenvalue weighted by Crippen LogP contribution is 2.19. The lowest BCUT2D eigenvalue weighted by Crippen LogP contribution is -2.54. The average molecular weight is 326 g/mol. The molecule has 2 saturated heterocycles. The number of ether oxygens (including phenoxy) is 1. The Kier molecular flexibility index (Phi) is 7.59. The molecule has 0 aromatic heterocycles. The van der Waals surface area contributed by atoms with Gasteiger partial charge in [-0.05, 0) is 46.2 Å². The number of hydrogen-bond donors (Lipinski definition) is 2. The zero-order valence-corrected chi connectivity index (χ0v) is 14.9. The minimum Gasteiger partial charge on any atom is -0.380 e. The van der Waals surface area contributed by atoms with Crippen LogP contribution in [-0.4, -0.2) is 80.4 Å². The molecule has 23 heavy (non-hydrogen) atoms. The molecular formula is C17H34N4O2. The summed E-state index contributed by atoms with van der Waals surface area (Å²) >= 11 is 0. The second-order valence-electron chi connectivity index (χ2n) is 7.28. The van der Waals surface area contributed by atoms with Gasteiger partial charge in [-0.25, -0.2) is 4.79 Å². The summed E-state index contributed by atoms with van der Waals surface area (Å²) < 4.78 is 5.44. The van der Waals surface area contributed by atoms with Crippen LogP contribution in [0.25, 0.3) is 0 Å². The maximum Gasteiger partial charge on any atom is 0.314 e. The van der Waals surface area contributed by atoms with E-state index in [2.05, 4.69) is 34.3 Å². The molecule has 2 aliphatic heterocycles. The van der Waals surface area contributed by atoms with E-state index in [4.69, 9.17) is 4.74 Å². The summed E-state index contributed by atoms with van der Waals surface area (Å²) in [6.45, 7) is 12.7. The van der Waals surface area contributed by atoms with E-state index in [1.54, 1.807) is 0 Å². The number of piperidine rings is 1. The monoisotopic (exact) mass is 326 g/mol. The van der Waals surface area contributed by atoms with Crippen molar-refractivity contribution >= 4 is 6.03 Å². The van der Waals surface area contributed by atoms with Gasteiger partial charge < -0.3 is 15.4 Å². The van der Waals surface area contributed by atoms with Gasteiger partial charge in [-0.1, -0.05) is 6.42 Å². The molecule has 0 bridgehead atoms. The molecule has 2 rings (SSSR count). The Morgan fingerprint density at radius 2 is 1.78 bits per heavy atom. The standard InChI is InChI=1S/C17H34N4O2/c1-17(2,21-9-4-3-5-10-21)15-19-16(22)18-7-11-20-8-6-13-23-14-12-20/h3-15H2,1-2H3,(H2,18,19,22). The Bertz CT molecular complexity index is 349.